The van der Waals surface area contributed by atoms with E-state index in [-0.39, 0.29) is 30.5 Å². The highest BCUT2D eigenvalue weighted by Gasteiger charge is 2.36. The number of nitrogens with one attached hydrogen (secondary N) is 1. The fraction of sp³-hybridized carbons (Fsp3) is 0.136. The molecule has 1 aliphatic heterocycles. The van der Waals surface area contributed by atoms with Crippen molar-refractivity contribution in [2.75, 3.05) is 16.8 Å². The number of hydrogen-bond donors (Lipinski definition) is 1. The molecule has 2 aromatic carbocycles. The molecule has 8 heteroatoms. The van der Waals surface area contributed by atoms with Gasteiger partial charge < -0.3 is 10.2 Å². The summed E-state index contributed by atoms with van der Waals surface area (Å²) in [4.78, 5) is 31.8. The Morgan fingerprint density at radius 2 is 1.97 bits per heavy atom. The van der Waals surface area contributed by atoms with Crippen LogP contribution in [0.5, 0.6) is 0 Å². The maximum atomic E-state index is 14.0. The number of amides is 2. The summed E-state index contributed by atoms with van der Waals surface area (Å²) in [5.74, 6) is -1.51. The van der Waals surface area contributed by atoms with Crippen molar-refractivity contribution in [3.63, 3.8) is 0 Å². The fourth-order valence-corrected chi connectivity index (χ4v) is 4.32. The average molecular weight is 420 g/mol. The van der Waals surface area contributed by atoms with E-state index in [1.807, 2.05) is 46.4 Å². The zero-order chi connectivity index (χ0) is 20.7. The highest BCUT2D eigenvalue weighted by Crippen LogP contribution is 2.28. The van der Waals surface area contributed by atoms with Crippen molar-refractivity contribution in [3.05, 3.63) is 72.1 Å². The molecule has 1 N–H and O–H groups in total. The Morgan fingerprint density at radius 1 is 1.17 bits per heavy atom. The average Bonchev–Trinajstić information content (AvgIpc) is 3.44. The molecular formula is C22H17FN4O2S. The van der Waals surface area contributed by atoms with E-state index in [2.05, 4.69) is 10.3 Å². The lowest BCUT2D eigenvalue weighted by Gasteiger charge is -2.17. The molecule has 0 aliphatic carbocycles. The molecule has 0 saturated carbocycles. The minimum Gasteiger partial charge on any atom is -0.326 e. The monoisotopic (exact) mass is 420 g/mol. The van der Waals surface area contributed by atoms with Crippen LogP contribution in [-0.4, -0.2) is 27.7 Å². The summed E-state index contributed by atoms with van der Waals surface area (Å²) in [7, 11) is 0. The summed E-state index contributed by atoms with van der Waals surface area (Å²) >= 11 is 1.57. The maximum absolute atomic E-state index is 14.0. The van der Waals surface area contributed by atoms with Gasteiger partial charge in [0.2, 0.25) is 11.8 Å². The lowest BCUT2D eigenvalue weighted by atomic mass is 10.1. The molecule has 150 valence electrons. The fourth-order valence-electron chi connectivity index (χ4n) is 3.62. The van der Waals surface area contributed by atoms with E-state index >= 15 is 0 Å². The van der Waals surface area contributed by atoms with Crippen LogP contribution in [0.15, 0.2) is 66.3 Å². The van der Waals surface area contributed by atoms with Crippen molar-refractivity contribution < 1.29 is 14.0 Å². The Kier molecular flexibility index (Phi) is 4.55. The van der Waals surface area contributed by atoms with Gasteiger partial charge in [0.05, 0.1) is 17.3 Å². The Bertz CT molecular complexity index is 1220. The summed E-state index contributed by atoms with van der Waals surface area (Å²) in [6.45, 7) is 0.162. The van der Waals surface area contributed by atoms with Crippen molar-refractivity contribution >= 4 is 39.5 Å². The molecule has 0 radical (unpaired) electrons. The van der Waals surface area contributed by atoms with Crippen molar-refractivity contribution in [1.82, 2.24) is 9.38 Å². The Hall–Kier alpha value is -3.52. The summed E-state index contributed by atoms with van der Waals surface area (Å²) in [6, 6.07) is 13.5. The summed E-state index contributed by atoms with van der Waals surface area (Å²) in [6.07, 6.45) is 3.98. The van der Waals surface area contributed by atoms with E-state index in [4.69, 9.17) is 0 Å². The predicted molar refractivity (Wildman–Crippen MR) is 114 cm³/mol. The van der Waals surface area contributed by atoms with Crippen LogP contribution in [-0.2, 0) is 9.59 Å². The number of para-hydroxylation sites is 1. The van der Waals surface area contributed by atoms with Crippen molar-refractivity contribution in [1.29, 1.82) is 0 Å². The first-order chi connectivity index (χ1) is 14.6. The molecule has 30 heavy (non-hydrogen) atoms. The molecule has 1 fully saturated rings. The van der Waals surface area contributed by atoms with E-state index in [0.717, 1.165) is 16.2 Å². The molecule has 1 aliphatic rings. The molecule has 2 amide bonds. The Labute approximate surface area is 175 Å². The minimum absolute atomic E-state index is 0.0592. The van der Waals surface area contributed by atoms with E-state index in [0.29, 0.717) is 5.69 Å². The van der Waals surface area contributed by atoms with E-state index in [9.17, 15) is 14.0 Å². The Morgan fingerprint density at radius 3 is 2.73 bits per heavy atom. The molecule has 5 rings (SSSR count). The second kappa shape index (κ2) is 7.38. The predicted octanol–water partition coefficient (Wildman–Crippen LogP) is 4.19. The number of carbonyl (C=O) groups excluding carboxylic acids is 2. The molecule has 4 aromatic rings. The van der Waals surface area contributed by atoms with Crippen molar-refractivity contribution in [3.8, 4) is 11.3 Å². The van der Waals surface area contributed by atoms with Crippen LogP contribution in [0, 0.1) is 11.7 Å². The summed E-state index contributed by atoms with van der Waals surface area (Å²) in [5, 5.41) is 4.83. The molecule has 1 saturated heterocycles. The van der Waals surface area contributed by atoms with Crippen LogP contribution in [0.25, 0.3) is 16.2 Å². The maximum Gasteiger partial charge on any atom is 0.229 e. The zero-order valence-corrected chi connectivity index (χ0v) is 16.6. The van der Waals surface area contributed by atoms with Crippen molar-refractivity contribution in [2.45, 2.75) is 6.42 Å². The van der Waals surface area contributed by atoms with Gasteiger partial charge in [-0.2, -0.15) is 0 Å². The third kappa shape index (κ3) is 3.35. The highest BCUT2D eigenvalue weighted by atomic mass is 32.1. The lowest BCUT2D eigenvalue weighted by molar-refractivity contribution is -0.122. The van der Waals surface area contributed by atoms with Gasteiger partial charge in [0.1, 0.15) is 5.82 Å². The topological polar surface area (TPSA) is 66.7 Å². The van der Waals surface area contributed by atoms with Crippen LogP contribution < -0.4 is 10.2 Å². The smallest absolute Gasteiger partial charge is 0.229 e. The standard InChI is InChI=1S/C22H17FN4O2S/c23-17-3-1-2-4-19(17)27-12-15(11-20(27)28)21(29)24-16-7-5-14(6-8-16)18-13-26-9-10-30-22(26)25-18/h1-10,13,15H,11-12H2,(H,24,29). The van der Waals surface area contributed by atoms with Gasteiger partial charge in [0.15, 0.2) is 4.96 Å². The lowest BCUT2D eigenvalue weighted by Crippen LogP contribution is -2.28. The Balaban J connectivity index is 1.27. The number of hydrogen-bond acceptors (Lipinski definition) is 4. The van der Waals surface area contributed by atoms with Gasteiger partial charge in [-0.05, 0) is 24.3 Å². The van der Waals surface area contributed by atoms with E-state index < -0.39 is 11.7 Å². The van der Waals surface area contributed by atoms with E-state index in [1.54, 1.807) is 29.5 Å². The zero-order valence-electron chi connectivity index (χ0n) is 15.8. The third-order valence-electron chi connectivity index (χ3n) is 5.18. The largest absolute Gasteiger partial charge is 0.326 e. The molecule has 1 unspecified atom stereocenters. The highest BCUT2D eigenvalue weighted by molar-refractivity contribution is 7.15. The van der Waals surface area contributed by atoms with Gasteiger partial charge in [0, 0.05) is 42.0 Å². The number of thiazole rings is 1. The number of aromatic nitrogens is 2. The molecule has 0 spiro atoms. The van der Waals surface area contributed by atoms with Gasteiger partial charge in [-0.25, -0.2) is 9.37 Å². The number of fused-ring (bicyclic) bond motifs is 1. The second-order valence-electron chi connectivity index (χ2n) is 7.14. The molecular weight excluding hydrogens is 403 g/mol. The molecule has 6 nitrogen and oxygen atoms in total. The third-order valence-corrected chi connectivity index (χ3v) is 5.95. The van der Waals surface area contributed by atoms with Gasteiger partial charge in [-0.15, -0.1) is 11.3 Å². The normalized spacial score (nSPS) is 16.4. The summed E-state index contributed by atoms with van der Waals surface area (Å²) < 4.78 is 16.0. The first-order valence-corrected chi connectivity index (χ1v) is 10.3. The minimum atomic E-state index is -0.531. The van der Waals surface area contributed by atoms with Gasteiger partial charge in [-0.1, -0.05) is 24.3 Å². The second-order valence-corrected chi connectivity index (χ2v) is 8.02. The SMILES string of the molecule is O=C(Nc1ccc(-c2cn3ccsc3n2)cc1)C1CC(=O)N(c2ccccc2F)C1. The number of anilines is 2. The molecule has 3 heterocycles. The number of carbonyl (C=O) groups is 2. The summed E-state index contributed by atoms with van der Waals surface area (Å²) in [5.41, 5.74) is 2.66. The van der Waals surface area contributed by atoms with E-state index in [1.165, 1.54) is 11.0 Å². The molecule has 0 bridgehead atoms. The van der Waals surface area contributed by atoms with Crippen LogP contribution in [0.2, 0.25) is 0 Å². The number of rotatable bonds is 4. The first kappa shape index (κ1) is 18.5. The van der Waals surface area contributed by atoms with Gasteiger partial charge in [0.25, 0.3) is 0 Å². The van der Waals surface area contributed by atoms with Gasteiger partial charge >= 0.3 is 0 Å². The van der Waals surface area contributed by atoms with Crippen LogP contribution >= 0.6 is 11.3 Å². The van der Waals surface area contributed by atoms with Crippen LogP contribution in [0.4, 0.5) is 15.8 Å². The molecule has 1 atom stereocenters. The number of halogens is 1. The van der Waals surface area contributed by atoms with Gasteiger partial charge in [-0.3, -0.25) is 14.0 Å². The van der Waals surface area contributed by atoms with Crippen LogP contribution in [0.1, 0.15) is 6.42 Å². The number of benzene rings is 2. The van der Waals surface area contributed by atoms with Crippen molar-refractivity contribution in [2.24, 2.45) is 5.92 Å². The number of nitrogens with zero attached hydrogens (tertiary/aromatic N) is 3. The molecule has 2 aromatic heterocycles. The van der Waals surface area contributed by atoms with Crippen LogP contribution in [0.3, 0.4) is 0 Å². The first-order valence-electron chi connectivity index (χ1n) is 9.47. The quantitative estimate of drug-likeness (QED) is 0.538. The number of imidazole rings is 1.